The predicted molar refractivity (Wildman–Crippen MR) is 55.2 cm³/mol. The minimum atomic E-state index is -0.430. The van der Waals surface area contributed by atoms with E-state index in [-0.39, 0.29) is 18.2 Å². The second-order valence-electron chi connectivity index (χ2n) is 3.83. The molecule has 0 bridgehead atoms. The van der Waals surface area contributed by atoms with Crippen molar-refractivity contribution in [1.29, 1.82) is 0 Å². The molecule has 0 spiro atoms. The van der Waals surface area contributed by atoms with Crippen molar-refractivity contribution in [1.82, 2.24) is 10.3 Å². The van der Waals surface area contributed by atoms with E-state index < -0.39 is 5.54 Å². The van der Waals surface area contributed by atoms with E-state index in [0.717, 1.165) is 12.8 Å². The molecule has 1 aromatic rings. The molecule has 1 aliphatic rings. The summed E-state index contributed by atoms with van der Waals surface area (Å²) in [6.07, 6.45) is 3.13. The number of carbonyl (C=O) groups is 1. The summed E-state index contributed by atoms with van der Waals surface area (Å²) in [4.78, 5) is 15.6. The largest absolute Gasteiger partial charge is 0.397 e. The highest BCUT2D eigenvalue weighted by atomic mass is 16.3. The Labute approximate surface area is 87.3 Å². The summed E-state index contributed by atoms with van der Waals surface area (Å²) in [5.41, 5.74) is 5.76. The van der Waals surface area contributed by atoms with Gasteiger partial charge in [-0.15, -0.1) is 0 Å². The number of aliphatic hydroxyl groups is 1. The Balaban J connectivity index is 2.12. The van der Waals surface area contributed by atoms with Crippen LogP contribution in [0.15, 0.2) is 18.3 Å². The third-order valence-corrected chi connectivity index (χ3v) is 2.59. The smallest absolute Gasteiger partial charge is 0.272 e. The van der Waals surface area contributed by atoms with Gasteiger partial charge in [0.05, 0.1) is 17.8 Å². The van der Waals surface area contributed by atoms with Gasteiger partial charge in [-0.05, 0) is 25.0 Å². The van der Waals surface area contributed by atoms with Crippen LogP contribution in [0.3, 0.4) is 0 Å². The van der Waals surface area contributed by atoms with Crippen molar-refractivity contribution >= 4 is 11.6 Å². The molecule has 0 unspecified atom stereocenters. The highest BCUT2D eigenvalue weighted by Gasteiger charge is 2.43. The lowest BCUT2D eigenvalue weighted by Gasteiger charge is -2.14. The number of nitrogens with one attached hydrogen (secondary N) is 1. The summed E-state index contributed by atoms with van der Waals surface area (Å²) < 4.78 is 0. The number of rotatable bonds is 3. The number of nitrogens with two attached hydrogens (primary N) is 1. The number of pyridine rings is 1. The van der Waals surface area contributed by atoms with Crippen molar-refractivity contribution in [3.05, 3.63) is 24.0 Å². The van der Waals surface area contributed by atoms with Crippen molar-refractivity contribution in [3.63, 3.8) is 0 Å². The van der Waals surface area contributed by atoms with Crippen LogP contribution in [0.1, 0.15) is 23.3 Å². The molecule has 0 aromatic carbocycles. The molecule has 0 saturated heterocycles. The molecule has 1 heterocycles. The average Bonchev–Trinajstić information content (AvgIpc) is 2.99. The summed E-state index contributed by atoms with van der Waals surface area (Å²) in [6, 6.07) is 3.30. The van der Waals surface area contributed by atoms with E-state index in [0.29, 0.717) is 5.69 Å². The Hall–Kier alpha value is -1.62. The lowest BCUT2D eigenvalue weighted by atomic mass is 10.2. The first-order chi connectivity index (χ1) is 7.17. The molecule has 1 aromatic heterocycles. The number of amides is 1. The van der Waals surface area contributed by atoms with Crippen LogP contribution in [-0.2, 0) is 0 Å². The molecule has 4 N–H and O–H groups in total. The van der Waals surface area contributed by atoms with Gasteiger partial charge in [0, 0.05) is 6.20 Å². The quantitative estimate of drug-likeness (QED) is 0.646. The fourth-order valence-electron chi connectivity index (χ4n) is 1.38. The zero-order valence-corrected chi connectivity index (χ0v) is 8.23. The maximum absolute atomic E-state index is 11.7. The van der Waals surface area contributed by atoms with Gasteiger partial charge in [0.2, 0.25) is 0 Å². The first kappa shape index (κ1) is 9.92. The number of nitrogens with zero attached hydrogens (tertiary/aromatic N) is 1. The number of aliphatic hydroxyl groups excluding tert-OH is 1. The van der Waals surface area contributed by atoms with E-state index in [1.54, 1.807) is 12.1 Å². The van der Waals surface area contributed by atoms with Crippen molar-refractivity contribution < 1.29 is 9.90 Å². The van der Waals surface area contributed by atoms with E-state index in [1.165, 1.54) is 6.20 Å². The molecule has 1 aliphatic carbocycles. The molecule has 0 atom stereocenters. The maximum atomic E-state index is 11.7. The van der Waals surface area contributed by atoms with E-state index in [2.05, 4.69) is 10.3 Å². The van der Waals surface area contributed by atoms with E-state index in [1.807, 2.05) is 0 Å². The van der Waals surface area contributed by atoms with Gasteiger partial charge in [-0.25, -0.2) is 4.98 Å². The molecule has 0 aliphatic heterocycles. The van der Waals surface area contributed by atoms with Gasteiger partial charge >= 0.3 is 0 Å². The molecule has 1 amide bonds. The van der Waals surface area contributed by atoms with Crippen molar-refractivity contribution in [2.75, 3.05) is 12.3 Å². The van der Waals surface area contributed by atoms with Crippen molar-refractivity contribution in [2.24, 2.45) is 0 Å². The third-order valence-electron chi connectivity index (χ3n) is 2.59. The maximum Gasteiger partial charge on any atom is 0.272 e. The van der Waals surface area contributed by atoms with Gasteiger partial charge in [-0.3, -0.25) is 4.79 Å². The summed E-state index contributed by atoms with van der Waals surface area (Å²) in [7, 11) is 0. The number of aromatic nitrogens is 1. The fourth-order valence-corrected chi connectivity index (χ4v) is 1.38. The van der Waals surface area contributed by atoms with Crippen LogP contribution in [-0.4, -0.2) is 28.1 Å². The number of anilines is 1. The Kier molecular flexibility index (Phi) is 2.32. The van der Waals surface area contributed by atoms with Crippen LogP contribution in [0.2, 0.25) is 0 Å². The van der Waals surface area contributed by atoms with Crippen LogP contribution in [0.25, 0.3) is 0 Å². The predicted octanol–water partition coefficient (Wildman–Crippen LogP) is -0.0815. The Morgan fingerprint density at radius 3 is 2.93 bits per heavy atom. The summed E-state index contributed by atoms with van der Waals surface area (Å²) in [6.45, 7) is -0.0362. The third kappa shape index (κ3) is 1.92. The Bertz CT molecular complexity index is 388. The molecule has 5 nitrogen and oxygen atoms in total. The Morgan fingerprint density at radius 1 is 1.67 bits per heavy atom. The minimum absolute atomic E-state index is 0.0362. The molecule has 80 valence electrons. The first-order valence-corrected chi connectivity index (χ1v) is 4.81. The molecule has 15 heavy (non-hydrogen) atoms. The highest BCUT2D eigenvalue weighted by Crippen LogP contribution is 2.34. The average molecular weight is 207 g/mol. The van der Waals surface area contributed by atoms with Crippen LogP contribution < -0.4 is 11.1 Å². The number of hydrogen-bond donors (Lipinski definition) is 3. The number of carbonyl (C=O) groups excluding carboxylic acids is 1. The van der Waals surface area contributed by atoms with E-state index in [9.17, 15) is 4.79 Å². The van der Waals surface area contributed by atoms with Crippen LogP contribution in [0.4, 0.5) is 5.69 Å². The molecule has 1 saturated carbocycles. The lowest BCUT2D eigenvalue weighted by molar-refractivity contribution is 0.0902. The normalized spacial score (nSPS) is 17.1. The summed E-state index contributed by atoms with van der Waals surface area (Å²) in [5, 5.41) is 11.8. The summed E-state index contributed by atoms with van der Waals surface area (Å²) in [5.74, 6) is -0.320. The van der Waals surface area contributed by atoms with Gasteiger partial charge in [-0.2, -0.15) is 0 Å². The van der Waals surface area contributed by atoms with Crippen LogP contribution in [0.5, 0.6) is 0 Å². The van der Waals surface area contributed by atoms with Gasteiger partial charge < -0.3 is 16.2 Å². The highest BCUT2D eigenvalue weighted by molar-refractivity contribution is 5.97. The second kappa shape index (κ2) is 3.51. The van der Waals surface area contributed by atoms with Gasteiger partial charge in [-0.1, -0.05) is 0 Å². The topological polar surface area (TPSA) is 88.2 Å². The molecule has 2 rings (SSSR count). The Morgan fingerprint density at radius 2 is 2.40 bits per heavy atom. The van der Waals surface area contributed by atoms with Crippen molar-refractivity contribution in [3.8, 4) is 0 Å². The molecule has 1 fully saturated rings. The monoisotopic (exact) mass is 207 g/mol. The fraction of sp³-hybridized carbons (Fsp3) is 0.400. The molecule has 5 heteroatoms. The lowest BCUT2D eigenvalue weighted by Crippen LogP contribution is -2.40. The molecule has 0 radical (unpaired) electrons. The zero-order chi connectivity index (χ0) is 10.9. The van der Waals surface area contributed by atoms with Gasteiger partial charge in [0.1, 0.15) is 0 Å². The molecular weight excluding hydrogens is 194 g/mol. The number of nitrogen functional groups attached to an aromatic ring is 1. The standard InChI is InChI=1S/C10H13N3O2/c11-7-2-1-5-12-8(7)9(15)13-10(6-14)3-4-10/h1-2,5,14H,3-4,6,11H2,(H,13,15). The van der Waals surface area contributed by atoms with Gasteiger partial charge in [0.25, 0.3) is 5.91 Å². The minimum Gasteiger partial charge on any atom is -0.397 e. The van der Waals surface area contributed by atoms with Crippen LogP contribution >= 0.6 is 0 Å². The SMILES string of the molecule is Nc1cccnc1C(=O)NC1(CO)CC1. The zero-order valence-electron chi connectivity index (χ0n) is 8.23. The molecular formula is C10H13N3O2. The number of hydrogen-bond acceptors (Lipinski definition) is 4. The summed E-state index contributed by atoms with van der Waals surface area (Å²) >= 11 is 0. The van der Waals surface area contributed by atoms with Crippen LogP contribution in [0, 0.1) is 0 Å². The first-order valence-electron chi connectivity index (χ1n) is 4.81. The van der Waals surface area contributed by atoms with E-state index >= 15 is 0 Å². The van der Waals surface area contributed by atoms with Gasteiger partial charge in [0.15, 0.2) is 5.69 Å². The van der Waals surface area contributed by atoms with Crippen molar-refractivity contribution in [2.45, 2.75) is 18.4 Å². The second-order valence-corrected chi connectivity index (χ2v) is 3.83. The van der Waals surface area contributed by atoms with E-state index in [4.69, 9.17) is 10.8 Å².